The van der Waals surface area contributed by atoms with Crippen LogP contribution in [0, 0.1) is 5.92 Å². The van der Waals surface area contributed by atoms with E-state index in [9.17, 15) is 4.79 Å². The first-order valence-electron chi connectivity index (χ1n) is 5.51. The highest BCUT2D eigenvalue weighted by Crippen LogP contribution is 2.42. The van der Waals surface area contributed by atoms with Gasteiger partial charge in [-0.2, -0.15) is 0 Å². The van der Waals surface area contributed by atoms with Crippen LogP contribution in [0.3, 0.4) is 0 Å². The summed E-state index contributed by atoms with van der Waals surface area (Å²) in [6.07, 6.45) is 4.74. The molecular formula is C11H18O3. The minimum absolute atomic E-state index is 0.0674. The Bertz CT molecular complexity index is 211. The zero-order chi connectivity index (χ0) is 10.0. The van der Waals surface area contributed by atoms with Gasteiger partial charge in [-0.05, 0) is 25.7 Å². The van der Waals surface area contributed by atoms with Gasteiger partial charge in [0.25, 0.3) is 0 Å². The van der Waals surface area contributed by atoms with Crippen molar-refractivity contribution in [3.63, 3.8) is 0 Å². The monoisotopic (exact) mass is 198 g/mol. The summed E-state index contributed by atoms with van der Waals surface area (Å²) in [6.45, 7) is 3.80. The summed E-state index contributed by atoms with van der Waals surface area (Å²) in [6, 6.07) is 0. The molecule has 14 heavy (non-hydrogen) atoms. The van der Waals surface area contributed by atoms with Gasteiger partial charge in [-0.15, -0.1) is 0 Å². The normalized spacial score (nSPS) is 42.9. The van der Waals surface area contributed by atoms with E-state index in [0.29, 0.717) is 5.92 Å². The van der Waals surface area contributed by atoms with E-state index in [2.05, 4.69) is 6.92 Å². The van der Waals surface area contributed by atoms with Crippen molar-refractivity contribution in [1.29, 1.82) is 0 Å². The van der Waals surface area contributed by atoms with E-state index in [4.69, 9.17) is 9.47 Å². The minimum atomic E-state index is -0.171. The number of carbonyl (C=O) groups is 1. The molecule has 0 spiro atoms. The van der Waals surface area contributed by atoms with Gasteiger partial charge in [-0.25, -0.2) is 0 Å². The van der Waals surface area contributed by atoms with E-state index in [1.54, 1.807) is 0 Å². The van der Waals surface area contributed by atoms with Gasteiger partial charge < -0.3 is 14.3 Å². The fourth-order valence-electron chi connectivity index (χ4n) is 2.70. The van der Waals surface area contributed by atoms with Crippen molar-refractivity contribution in [2.75, 3.05) is 13.2 Å². The number of hydrogen-bond donors (Lipinski definition) is 0. The third-order valence-electron chi connectivity index (χ3n) is 3.66. The predicted molar refractivity (Wildman–Crippen MR) is 52.1 cm³/mol. The summed E-state index contributed by atoms with van der Waals surface area (Å²) in [7, 11) is 0. The lowest BCUT2D eigenvalue weighted by molar-refractivity contribution is -0.128. The topological polar surface area (TPSA) is 35.5 Å². The quantitative estimate of drug-likeness (QED) is 0.645. The van der Waals surface area contributed by atoms with E-state index >= 15 is 0 Å². The highest BCUT2D eigenvalue weighted by molar-refractivity contribution is 5.56. The second-order valence-electron chi connectivity index (χ2n) is 4.31. The van der Waals surface area contributed by atoms with Gasteiger partial charge in [-0.3, -0.25) is 0 Å². The lowest BCUT2D eigenvalue weighted by Gasteiger charge is -2.33. The molecule has 0 aromatic carbocycles. The number of rotatable bonds is 3. The summed E-state index contributed by atoms with van der Waals surface area (Å²) < 4.78 is 11.3. The second kappa shape index (κ2) is 3.99. The molecule has 2 rings (SSSR count). The summed E-state index contributed by atoms with van der Waals surface area (Å²) >= 11 is 0. The fraction of sp³-hybridized carbons (Fsp3) is 0.909. The first-order valence-corrected chi connectivity index (χ1v) is 5.51. The highest BCUT2D eigenvalue weighted by Gasteiger charge is 2.46. The summed E-state index contributed by atoms with van der Waals surface area (Å²) in [4.78, 5) is 10.7. The summed E-state index contributed by atoms with van der Waals surface area (Å²) in [5, 5.41) is 0. The number of hydrogen-bond acceptors (Lipinski definition) is 3. The molecule has 0 amide bonds. The van der Waals surface area contributed by atoms with Crippen molar-refractivity contribution in [2.45, 2.75) is 44.3 Å². The standard InChI is InChI=1S/C11H18O3/c1-2-11(9-4-6-13-8-9)5-3-10(7-12)14-11/h7,9-10H,2-6,8H2,1H3. The number of ether oxygens (including phenoxy) is 2. The van der Waals surface area contributed by atoms with Crippen molar-refractivity contribution in [2.24, 2.45) is 5.92 Å². The lowest BCUT2D eigenvalue weighted by Crippen LogP contribution is -2.38. The Morgan fingerprint density at radius 1 is 1.50 bits per heavy atom. The van der Waals surface area contributed by atoms with Gasteiger partial charge in [0, 0.05) is 12.5 Å². The van der Waals surface area contributed by atoms with Crippen molar-refractivity contribution in [3.05, 3.63) is 0 Å². The van der Waals surface area contributed by atoms with E-state index < -0.39 is 0 Å². The van der Waals surface area contributed by atoms with Crippen LogP contribution >= 0.6 is 0 Å². The molecule has 80 valence electrons. The fourth-order valence-corrected chi connectivity index (χ4v) is 2.70. The molecule has 3 atom stereocenters. The van der Waals surface area contributed by atoms with Gasteiger partial charge in [-0.1, -0.05) is 6.92 Å². The smallest absolute Gasteiger partial charge is 0.148 e. The molecule has 0 aromatic heterocycles. The van der Waals surface area contributed by atoms with Crippen molar-refractivity contribution < 1.29 is 14.3 Å². The van der Waals surface area contributed by atoms with Crippen LogP contribution in [-0.4, -0.2) is 31.2 Å². The molecule has 0 N–H and O–H groups in total. The average Bonchev–Trinajstić information content (AvgIpc) is 2.87. The molecule has 0 bridgehead atoms. The molecule has 0 aliphatic carbocycles. The zero-order valence-electron chi connectivity index (χ0n) is 8.70. The van der Waals surface area contributed by atoms with Crippen molar-refractivity contribution >= 4 is 6.29 Å². The van der Waals surface area contributed by atoms with Crippen LogP contribution in [-0.2, 0) is 14.3 Å². The van der Waals surface area contributed by atoms with Crippen LogP contribution in [0.25, 0.3) is 0 Å². The van der Waals surface area contributed by atoms with Gasteiger partial charge >= 0.3 is 0 Å². The maximum Gasteiger partial charge on any atom is 0.148 e. The molecule has 0 saturated carbocycles. The largest absolute Gasteiger partial charge is 0.381 e. The van der Waals surface area contributed by atoms with Gasteiger partial charge in [0.2, 0.25) is 0 Å². The SMILES string of the molecule is CCC1(C2CCOC2)CCC(C=O)O1. The predicted octanol–water partition coefficient (Wildman–Crippen LogP) is 1.55. The van der Waals surface area contributed by atoms with Crippen LogP contribution in [0.2, 0.25) is 0 Å². The van der Waals surface area contributed by atoms with Crippen LogP contribution in [0.15, 0.2) is 0 Å². The molecule has 2 heterocycles. The molecule has 0 radical (unpaired) electrons. The molecule has 2 aliphatic rings. The van der Waals surface area contributed by atoms with Crippen LogP contribution in [0.4, 0.5) is 0 Å². The first kappa shape index (κ1) is 10.1. The molecule has 2 aliphatic heterocycles. The van der Waals surface area contributed by atoms with Gasteiger partial charge in [0.15, 0.2) is 0 Å². The van der Waals surface area contributed by atoms with Crippen molar-refractivity contribution in [1.82, 2.24) is 0 Å². The number of aldehydes is 1. The van der Waals surface area contributed by atoms with E-state index in [1.165, 1.54) is 0 Å². The van der Waals surface area contributed by atoms with Gasteiger partial charge in [0.1, 0.15) is 12.4 Å². The Morgan fingerprint density at radius 3 is 2.86 bits per heavy atom. The maximum atomic E-state index is 10.7. The van der Waals surface area contributed by atoms with Crippen LogP contribution in [0.5, 0.6) is 0 Å². The first-order chi connectivity index (χ1) is 6.80. The maximum absolute atomic E-state index is 10.7. The minimum Gasteiger partial charge on any atom is -0.381 e. The van der Waals surface area contributed by atoms with Crippen LogP contribution in [0.1, 0.15) is 32.6 Å². The Kier molecular flexibility index (Phi) is 2.88. The highest BCUT2D eigenvalue weighted by atomic mass is 16.5. The zero-order valence-corrected chi connectivity index (χ0v) is 8.70. The Hall–Kier alpha value is -0.410. The molecule has 2 saturated heterocycles. The third kappa shape index (κ3) is 1.59. The summed E-state index contributed by atoms with van der Waals surface area (Å²) in [5.41, 5.74) is -0.0674. The van der Waals surface area contributed by atoms with E-state index in [0.717, 1.165) is 45.2 Å². The summed E-state index contributed by atoms with van der Waals surface area (Å²) in [5.74, 6) is 0.498. The lowest BCUT2D eigenvalue weighted by atomic mass is 9.82. The van der Waals surface area contributed by atoms with Crippen LogP contribution < -0.4 is 0 Å². The molecule has 3 nitrogen and oxygen atoms in total. The molecule has 0 aromatic rings. The van der Waals surface area contributed by atoms with E-state index in [1.807, 2.05) is 0 Å². The molecular weight excluding hydrogens is 180 g/mol. The average molecular weight is 198 g/mol. The third-order valence-corrected chi connectivity index (χ3v) is 3.66. The molecule has 3 heteroatoms. The van der Waals surface area contributed by atoms with E-state index in [-0.39, 0.29) is 11.7 Å². The number of carbonyl (C=O) groups excluding carboxylic acids is 1. The Balaban J connectivity index is 2.06. The Labute approximate surface area is 84.8 Å². The van der Waals surface area contributed by atoms with Gasteiger partial charge in [0.05, 0.1) is 12.2 Å². The van der Waals surface area contributed by atoms with Crippen molar-refractivity contribution in [3.8, 4) is 0 Å². The molecule has 2 fully saturated rings. The Morgan fingerprint density at radius 2 is 2.36 bits per heavy atom. The molecule has 3 unspecified atom stereocenters. The second-order valence-corrected chi connectivity index (χ2v) is 4.31.